The number of hydrogen-bond donors (Lipinski definition) is 0. The van der Waals surface area contributed by atoms with Gasteiger partial charge in [-0.25, -0.2) is 0 Å². The molecule has 0 spiro atoms. The van der Waals surface area contributed by atoms with E-state index in [-0.39, 0.29) is 12.1 Å². The highest BCUT2D eigenvalue weighted by Crippen LogP contribution is 2.40. The Bertz CT molecular complexity index is 856. The molecule has 0 fully saturated rings. The molecule has 0 saturated heterocycles. The fraction of sp³-hybridized carbons (Fsp3) is 0.174. The quantitative estimate of drug-likeness (QED) is 0.633. The van der Waals surface area contributed by atoms with E-state index in [1.807, 2.05) is 6.34 Å². The molecule has 3 aromatic carbocycles. The van der Waals surface area contributed by atoms with E-state index >= 15 is 0 Å². The van der Waals surface area contributed by atoms with E-state index in [1.54, 1.807) is 0 Å². The van der Waals surface area contributed by atoms with Crippen LogP contribution in [0.15, 0.2) is 89.9 Å². The lowest BCUT2D eigenvalue weighted by Crippen LogP contribution is -2.26. The van der Waals surface area contributed by atoms with Gasteiger partial charge in [0, 0.05) is 6.54 Å². The number of aliphatic imine (C=N–C) groups is 1. The topological polar surface area (TPSA) is 15.6 Å². The van der Waals surface area contributed by atoms with E-state index in [0.29, 0.717) is 0 Å². The Morgan fingerprint density at radius 2 is 1.36 bits per heavy atom. The largest absolute Gasteiger partial charge is 0.349 e. The van der Waals surface area contributed by atoms with Gasteiger partial charge in [0.1, 0.15) is 6.04 Å². The lowest BCUT2D eigenvalue weighted by molar-refractivity contribution is 0.310. The lowest BCUT2D eigenvalue weighted by atomic mass is 9.93. The van der Waals surface area contributed by atoms with Gasteiger partial charge in [-0.15, -0.1) is 0 Å². The smallest absolute Gasteiger partial charge is 0.101 e. The van der Waals surface area contributed by atoms with E-state index in [0.717, 1.165) is 6.54 Å². The highest BCUT2D eigenvalue weighted by molar-refractivity contribution is 5.61. The monoisotopic (exact) mass is 326 g/mol. The summed E-state index contributed by atoms with van der Waals surface area (Å²) in [6, 6.07) is 30.3. The summed E-state index contributed by atoms with van der Waals surface area (Å²) in [5.41, 5.74) is 5.25. The van der Waals surface area contributed by atoms with Gasteiger partial charge >= 0.3 is 0 Å². The van der Waals surface area contributed by atoms with Crippen LogP contribution in [0.2, 0.25) is 0 Å². The van der Waals surface area contributed by atoms with E-state index in [4.69, 9.17) is 4.99 Å². The summed E-state index contributed by atoms with van der Waals surface area (Å²) in [7, 11) is 0. The van der Waals surface area contributed by atoms with Crippen molar-refractivity contribution in [3.63, 3.8) is 0 Å². The molecule has 124 valence electrons. The molecule has 0 aromatic heterocycles. The first-order valence-electron chi connectivity index (χ1n) is 8.76. The van der Waals surface area contributed by atoms with Gasteiger partial charge < -0.3 is 4.90 Å². The van der Waals surface area contributed by atoms with Crippen LogP contribution in [0.25, 0.3) is 0 Å². The van der Waals surface area contributed by atoms with Crippen LogP contribution in [-0.2, 0) is 6.54 Å². The summed E-state index contributed by atoms with van der Waals surface area (Å²) in [6.07, 6.45) is 2.03. The third kappa shape index (κ3) is 3.20. The minimum Gasteiger partial charge on any atom is -0.349 e. The third-order valence-corrected chi connectivity index (χ3v) is 4.93. The van der Waals surface area contributed by atoms with E-state index in [1.165, 1.54) is 22.3 Å². The van der Waals surface area contributed by atoms with Crippen molar-refractivity contribution in [2.45, 2.75) is 25.6 Å². The Morgan fingerprint density at radius 1 is 0.760 bits per heavy atom. The number of hydrogen-bond acceptors (Lipinski definition) is 2. The summed E-state index contributed by atoms with van der Waals surface area (Å²) in [5.74, 6) is 0. The van der Waals surface area contributed by atoms with Crippen LogP contribution < -0.4 is 0 Å². The second-order valence-electron chi connectivity index (χ2n) is 6.57. The minimum absolute atomic E-state index is 0.132. The SMILES string of the molecule is Cc1ccccc1CN1C=NC(c2ccccc2)C1c1ccccc1. The number of benzene rings is 3. The molecule has 1 aliphatic heterocycles. The molecule has 0 N–H and O–H groups in total. The lowest BCUT2D eigenvalue weighted by Gasteiger charge is -2.29. The highest BCUT2D eigenvalue weighted by Gasteiger charge is 2.33. The Labute approximate surface area is 149 Å². The van der Waals surface area contributed by atoms with Gasteiger partial charge in [-0.05, 0) is 29.2 Å². The Kier molecular flexibility index (Phi) is 4.34. The van der Waals surface area contributed by atoms with Crippen LogP contribution >= 0.6 is 0 Å². The van der Waals surface area contributed by atoms with E-state index in [2.05, 4.69) is 96.8 Å². The second kappa shape index (κ2) is 6.94. The molecule has 0 saturated carbocycles. The molecule has 1 aliphatic rings. The van der Waals surface area contributed by atoms with Gasteiger partial charge in [0.2, 0.25) is 0 Å². The average Bonchev–Trinajstić information content (AvgIpc) is 3.09. The number of aryl methyl sites for hydroxylation is 1. The van der Waals surface area contributed by atoms with E-state index < -0.39 is 0 Å². The second-order valence-corrected chi connectivity index (χ2v) is 6.57. The molecule has 2 nitrogen and oxygen atoms in total. The summed E-state index contributed by atoms with van der Waals surface area (Å²) in [5, 5.41) is 0. The van der Waals surface area contributed by atoms with Crippen LogP contribution in [-0.4, -0.2) is 11.2 Å². The predicted octanol–water partition coefficient (Wildman–Crippen LogP) is 5.32. The zero-order valence-corrected chi connectivity index (χ0v) is 14.4. The molecule has 2 atom stereocenters. The van der Waals surface area contributed by atoms with Gasteiger partial charge in [0.05, 0.1) is 12.4 Å². The number of nitrogens with zero attached hydrogens (tertiary/aromatic N) is 2. The first-order valence-corrected chi connectivity index (χ1v) is 8.76. The first-order chi connectivity index (χ1) is 12.3. The Hall–Kier alpha value is -2.87. The summed E-state index contributed by atoms with van der Waals surface area (Å²) in [4.78, 5) is 7.24. The van der Waals surface area contributed by atoms with Crippen molar-refractivity contribution in [2.75, 3.05) is 0 Å². The van der Waals surface area contributed by atoms with Crippen LogP contribution in [0.1, 0.15) is 34.3 Å². The Morgan fingerprint density at radius 3 is 2.04 bits per heavy atom. The van der Waals surface area contributed by atoms with Crippen molar-refractivity contribution < 1.29 is 0 Å². The van der Waals surface area contributed by atoms with Gasteiger partial charge in [0.25, 0.3) is 0 Å². The van der Waals surface area contributed by atoms with Gasteiger partial charge in [0.15, 0.2) is 0 Å². The summed E-state index contributed by atoms with van der Waals surface area (Å²) < 4.78 is 0. The van der Waals surface area contributed by atoms with Gasteiger partial charge in [-0.3, -0.25) is 4.99 Å². The van der Waals surface area contributed by atoms with Crippen molar-refractivity contribution in [1.29, 1.82) is 0 Å². The maximum Gasteiger partial charge on any atom is 0.101 e. The van der Waals surface area contributed by atoms with Crippen LogP contribution in [0, 0.1) is 6.92 Å². The van der Waals surface area contributed by atoms with Crippen molar-refractivity contribution in [3.8, 4) is 0 Å². The molecular weight excluding hydrogens is 304 g/mol. The normalized spacial score (nSPS) is 19.3. The van der Waals surface area contributed by atoms with Crippen LogP contribution in [0.5, 0.6) is 0 Å². The van der Waals surface area contributed by atoms with Crippen molar-refractivity contribution in [1.82, 2.24) is 4.90 Å². The third-order valence-electron chi connectivity index (χ3n) is 4.93. The molecule has 1 heterocycles. The van der Waals surface area contributed by atoms with Crippen LogP contribution in [0.3, 0.4) is 0 Å². The predicted molar refractivity (Wildman–Crippen MR) is 104 cm³/mol. The van der Waals surface area contributed by atoms with Gasteiger partial charge in [-0.2, -0.15) is 0 Å². The van der Waals surface area contributed by atoms with Crippen LogP contribution in [0.4, 0.5) is 0 Å². The first kappa shape index (κ1) is 15.6. The molecule has 0 aliphatic carbocycles. The molecular formula is C23H22N2. The molecule has 2 unspecified atom stereocenters. The molecule has 25 heavy (non-hydrogen) atoms. The zero-order chi connectivity index (χ0) is 17.1. The maximum atomic E-state index is 4.87. The van der Waals surface area contributed by atoms with Gasteiger partial charge in [-0.1, -0.05) is 84.9 Å². The molecule has 3 aromatic rings. The van der Waals surface area contributed by atoms with Crippen molar-refractivity contribution in [2.24, 2.45) is 4.99 Å². The summed E-state index contributed by atoms with van der Waals surface area (Å²) >= 11 is 0. The zero-order valence-electron chi connectivity index (χ0n) is 14.4. The molecule has 0 bridgehead atoms. The Balaban J connectivity index is 1.69. The average molecular weight is 326 g/mol. The summed E-state index contributed by atoms with van der Waals surface area (Å²) in [6.45, 7) is 3.05. The molecule has 2 heteroatoms. The molecule has 0 radical (unpaired) electrons. The molecule has 0 amide bonds. The molecule has 4 rings (SSSR count). The van der Waals surface area contributed by atoms with Crippen molar-refractivity contribution in [3.05, 3.63) is 107 Å². The van der Waals surface area contributed by atoms with E-state index in [9.17, 15) is 0 Å². The highest BCUT2D eigenvalue weighted by atomic mass is 15.2. The number of rotatable bonds is 4. The fourth-order valence-corrected chi connectivity index (χ4v) is 3.56. The van der Waals surface area contributed by atoms with Crippen molar-refractivity contribution >= 4 is 6.34 Å². The minimum atomic E-state index is 0.132. The maximum absolute atomic E-state index is 4.87. The standard InChI is InChI=1S/C23H22N2/c1-18-10-8-9-15-21(18)16-25-17-24-22(19-11-4-2-5-12-19)23(25)20-13-6-3-7-14-20/h2-15,17,22-23H,16H2,1H3. The fourth-order valence-electron chi connectivity index (χ4n) is 3.56.